The number of H-pyrrole nitrogens is 1. The first-order chi connectivity index (χ1) is 14.3. The number of rotatable bonds is 3. The number of aromatic nitrogens is 1. The first kappa shape index (κ1) is 17.5. The molecule has 5 rings (SSSR count). The highest BCUT2D eigenvalue weighted by Gasteiger charge is 2.22. The molecule has 0 saturated carbocycles. The lowest BCUT2D eigenvalue weighted by atomic mass is 9.96. The van der Waals surface area contributed by atoms with Gasteiger partial charge < -0.3 is 9.88 Å². The molecule has 0 saturated heterocycles. The van der Waals surface area contributed by atoms with E-state index in [2.05, 4.69) is 47.6 Å². The third-order valence-corrected chi connectivity index (χ3v) is 5.67. The highest BCUT2D eigenvalue weighted by Crippen LogP contribution is 2.30. The normalized spacial score (nSPS) is 14.1. The van der Waals surface area contributed by atoms with E-state index in [1.54, 1.807) is 0 Å². The Morgan fingerprint density at radius 2 is 1.59 bits per heavy atom. The monoisotopic (exact) mass is 378 g/mol. The van der Waals surface area contributed by atoms with Gasteiger partial charge >= 0.3 is 0 Å². The van der Waals surface area contributed by atoms with Crippen LogP contribution in [0.5, 0.6) is 0 Å². The molecule has 0 radical (unpaired) electrons. The third-order valence-electron chi connectivity index (χ3n) is 5.67. The van der Waals surface area contributed by atoms with E-state index in [1.807, 2.05) is 53.4 Å². The van der Waals surface area contributed by atoms with Crippen molar-refractivity contribution in [3.8, 4) is 11.1 Å². The highest BCUT2D eigenvalue weighted by molar-refractivity contribution is 6.01. The Bertz CT molecular complexity index is 1200. The minimum atomic E-state index is 0.0960. The van der Waals surface area contributed by atoms with E-state index in [0.29, 0.717) is 6.54 Å². The van der Waals surface area contributed by atoms with E-state index in [9.17, 15) is 4.79 Å². The summed E-state index contributed by atoms with van der Waals surface area (Å²) in [5.41, 5.74) is 6.54. The van der Waals surface area contributed by atoms with Crippen molar-refractivity contribution in [2.75, 3.05) is 13.1 Å². The number of hydrogen-bond donors (Lipinski definition) is 1. The number of carbonyl (C=O) groups is 1. The fourth-order valence-electron chi connectivity index (χ4n) is 4.14. The second-order valence-electron chi connectivity index (χ2n) is 7.39. The Hall–Kier alpha value is -3.59. The van der Waals surface area contributed by atoms with Gasteiger partial charge in [-0.15, -0.1) is 0 Å². The van der Waals surface area contributed by atoms with E-state index >= 15 is 0 Å². The Labute approximate surface area is 170 Å². The van der Waals surface area contributed by atoms with Crippen LogP contribution in [0.1, 0.15) is 22.3 Å². The summed E-state index contributed by atoms with van der Waals surface area (Å²) in [5.74, 6) is 0.0960. The summed E-state index contributed by atoms with van der Waals surface area (Å²) in [6, 6.07) is 26.4. The second kappa shape index (κ2) is 7.44. The van der Waals surface area contributed by atoms with Crippen LogP contribution in [0.2, 0.25) is 0 Å². The number of aromatic amines is 1. The number of amides is 1. The average molecular weight is 378 g/mol. The van der Waals surface area contributed by atoms with Crippen molar-refractivity contribution in [3.63, 3.8) is 0 Å². The van der Waals surface area contributed by atoms with Crippen LogP contribution >= 0.6 is 0 Å². The van der Waals surface area contributed by atoms with Crippen LogP contribution in [-0.4, -0.2) is 28.9 Å². The van der Waals surface area contributed by atoms with Crippen LogP contribution in [0.4, 0.5) is 0 Å². The van der Waals surface area contributed by atoms with Gasteiger partial charge in [-0.2, -0.15) is 0 Å². The summed E-state index contributed by atoms with van der Waals surface area (Å²) < 4.78 is 0. The van der Waals surface area contributed by atoms with Gasteiger partial charge in [-0.1, -0.05) is 72.8 Å². The zero-order valence-corrected chi connectivity index (χ0v) is 16.1. The number of para-hydroxylation sites is 1. The van der Waals surface area contributed by atoms with Gasteiger partial charge in [0.25, 0.3) is 5.91 Å². The number of fused-ring (bicyclic) bond motifs is 1. The van der Waals surface area contributed by atoms with E-state index in [0.717, 1.165) is 35.2 Å². The molecule has 4 aromatic rings. The number of nitrogens with one attached hydrogen (secondary N) is 1. The van der Waals surface area contributed by atoms with Crippen LogP contribution in [0.15, 0.2) is 91.1 Å². The van der Waals surface area contributed by atoms with E-state index in [1.165, 1.54) is 16.5 Å². The second-order valence-corrected chi connectivity index (χ2v) is 7.39. The largest absolute Gasteiger partial charge is 0.361 e. The molecule has 1 aromatic heterocycles. The van der Waals surface area contributed by atoms with Crippen LogP contribution in [0.25, 0.3) is 27.6 Å². The SMILES string of the molecule is O=C(c1ccccc1-c1ccccc1)N1CC=C(c2c[nH]c3ccccc23)CC1. The molecule has 1 aliphatic heterocycles. The van der Waals surface area contributed by atoms with Gasteiger partial charge in [0.2, 0.25) is 0 Å². The molecule has 3 heteroatoms. The highest BCUT2D eigenvalue weighted by atomic mass is 16.2. The third kappa shape index (κ3) is 3.25. The fourth-order valence-corrected chi connectivity index (χ4v) is 4.14. The van der Waals surface area contributed by atoms with Crippen LogP contribution in [0.3, 0.4) is 0 Å². The zero-order valence-electron chi connectivity index (χ0n) is 16.1. The van der Waals surface area contributed by atoms with Gasteiger partial charge in [0.15, 0.2) is 0 Å². The van der Waals surface area contributed by atoms with Crippen molar-refractivity contribution < 1.29 is 4.79 Å². The zero-order chi connectivity index (χ0) is 19.6. The Morgan fingerprint density at radius 1 is 0.828 bits per heavy atom. The maximum Gasteiger partial charge on any atom is 0.254 e. The van der Waals surface area contributed by atoms with Crippen LogP contribution < -0.4 is 0 Å². The van der Waals surface area contributed by atoms with E-state index in [-0.39, 0.29) is 5.91 Å². The van der Waals surface area contributed by atoms with Gasteiger partial charge in [0.1, 0.15) is 0 Å². The summed E-state index contributed by atoms with van der Waals surface area (Å²) >= 11 is 0. The fraction of sp³-hybridized carbons (Fsp3) is 0.115. The van der Waals surface area contributed by atoms with Gasteiger partial charge in [-0.05, 0) is 35.3 Å². The van der Waals surface area contributed by atoms with Crippen LogP contribution in [0, 0.1) is 0 Å². The van der Waals surface area contributed by atoms with Crippen molar-refractivity contribution in [2.24, 2.45) is 0 Å². The molecular formula is C26H22N2O. The lowest BCUT2D eigenvalue weighted by Crippen LogP contribution is -2.34. The molecule has 1 amide bonds. The maximum atomic E-state index is 13.3. The molecule has 3 aromatic carbocycles. The predicted octanol–water partition coefficient (Wildman–Crippen LogP) is 5.76. The summed E-state index contributed by atoms with van der Waals surface area (Å²) in [5, 5.41) is 1.24. The molecule has 0 spiro atoms. The smallest absolute Gasteiger partial charge is 0.254 e. The van der Waals surface area contributed by atoms with Crippen molar-refractivity contribution >= 4 is 22.4 Å². The Morgan fingerprint density at radius 3 is 2.41 bits per heavy atom. The first-order valence-corrected chi connectivity index (χ1v) is 10.0. The minimum Gasteiger partial charge on any atom is -0.361 e. The minimum absolute atomic E-state index is 0.0960. The number of nitrogens with zero attached hydrogens (tertiary/aromatic N) is 1. The lowest BCUT2D eigenvalue weighted by Gasteiger charge is -2.27. The molecular weight excluding hydrogens is 356 g/mol. The molecule has 142 valence electrons. The van der Waals surface area contributed by atoms with Gasteiger partial charge in [0, 0.05) is 41.3 Å². The molecule has 29 heavy (non-hydrogen) atoms. The summed E-state index contributed by atoms with van der Waals surface area (Å²) in [4.78, 5) is 18.6. The van der Waals surface area contributed by atoms with Gasteiger partial charge in [-0.25, -0.2) is 0 Å². The van der Waals surface area contributed by atoms with E-state index < -0.39 is 0 Å². The van der Waals surface area contributed by atoms with Crippen LogP contribution in [-0.2, 0) is 0 Å². The van der Waals surface area contributed by atoms with Crippen molar-refractivity contribution in [1.82, 2.24) is 9.88 Å². The topological polar surface area (TPSA) is 36.1 Å². The van der Waals surface area contributed by atoms with Crippen molar-refractivity contribution in [3.05, 3.63) is 102 Å². The quantitative estimate of drug-likeness (QED) is 0.483. The van der Waals surface area contributed by atoms with Crippen molar-refractivity contribution in [2.45, 2.75) is 6.42 Å². The number of hydrogen-bond acceptors (Lipinski definition) is 1. The molecule has 0 fully saturated rings. The standard InChI is InChI=1S/C26H22N2O/c29-26(23-12-5-4-10-21(23)19-8-2-1-3-9-19)28-16-14-20(15-17-28)24-18-27-25-13-7-6-11-22(24)25/h1-14,18,27H,15-17H2. The molecule has 0 atom stereocenters. The molecule has 0 aliphatic carbocycles. The molecule has 1 aliphatic rings. The van der Waals surface area contributed by atoms with Crippen molar-refractivity contribution in [1.29, 1.82) is 0 Å². The molecule has 3 nitrogen and oxygen atoms in total. The first-order valence-electron chi connectivity index (χ1n) is 10.0. The maximum absolute atomic E-state index is 13.3. The molecule has 0 bridgehead atoms. The number of carbonyl (C=O) groups excluding carboxylic acids is 1. The Balaban J connectivity index is 1.41. The Kier molecular flexibility index (Phi) is 4.49. The predicted molar refractivity (Wildman–Crippen MR) is 119 cm³/mol. The lowest BCUT2D eigenvalue weighted by molar-refractivity contribution is 0.0773. The summed E-state index contributed by atoms with van der Waals surface area (Å²) in [7, 11) is 0. The molecule has 2 heterocycles. The number of benzene rings is 3. The molecule has 0 unspecified atom stereocenters. The summed E-state index contributed by atoms with van der Waals surface area (Å²) in [6.07, 6.45) is 5.14. The summed E-state index contributed by atoms with van der Waals surface area (Å²) in [6.45, 7) is 1.37. The van der Waals surface area contributed by atoms with Gasteiger partial charge in [-0.3, -0.25) is 4.79 Å². The molecule has 1 N–H and O–H groups in total. The van der Waals surface area contributed by atoms with Gasteiger partial charge in [0.05, 0.1) is 0 Å². The van der Waals surface area contributed by atoms with E-state index in [4.69, 9.17) is 0 Å². The average Bonchev–Trinajstić information content (AvgIpc) is 3.23.